The van der Waals surface area contributed by atoms with Crippen LogP contribution in [0.25, 0.3) is 6.08 Å². The Balaban J connectivity index is 2.27. The molecule has 1 heterocycles. The predicted molar refractivity (Wildman–Crippen MR) is 66.4 cm³/mol. The number of aryl methyl sites for hydroxylation is 1. The molecule has 0 aliphatic carbocycles. The molecule has 17 heavy (non-hydrogen) atoms. The Kier molecular flexibility index (Phi) is 5.49. The molecule has 0 saturated carbocycles. The van der Waals surface area contributed by atoms with Gasteiger partial charge in [-0.05, 0) is 38.0 Å². The molecule has 0 saturated heterocycles. The molecule has 0 fully saturated rings. The lowest BCUT2D eigenvalue weighted by atomic mass is 10.2. The second-order valence-electron chi connectivity index (χ2n) is 3.92. The molecule has 1 aromatic rings. The maximum absolute atomic E-state index is 11.4. The number of carbonyl (C=O) groups is 1. The first-order chi connectivity index (χ1) is 8.11. The van der Waals surface area contributed by atoms with Gasteiger partial charge in [-0.3, -0.25) is 4.79 Å². The van der Waals surface area contributed by atoms with E-state index in [2.05, 4.69) is 5.32 Å². The number of hydrogen-bond acceptors (Lipinski definition) is 3. The van der Waals surface area contributed by atoms with Gasteiger partial charge in [0.1, 0.15) is 11.5 Å². The average Bonchev–Trinajstić information content (AvgIpc) is 2.72. The van der Waals surface area contributed by atoms with Gasteiger partial charge in [-0.2, -0.15) is 0 Å². The fraction of sp³-hybridized carbons (Fsp3) is 0.462. The highest BCUT2D eigenvalue weighted by atomic mass is 16.3. The molecule has 4 heteroatoms. The van der Waals surface area contributed by atoms with E-state index in [1.807, 2.05) is 19.9 Å². The van der Waals surface area contributed by atoms with Gasteiger partial charge in [0.2, 0.25) is 5.91 Å². The number of aliphatic hydroxyl groups is 1. The summed E-state index contributed by atoms with van der Waals surface area (Å²) in [4.78, 5) is 11.4. The lowest BCUT2D eigenvalue weighted by Gasteiger charge is -2.06. The van der Waals surface area contributed by atoms with Gasteiger partial charge < -0.3 is 14.8 Å². The van der Waals surface area contributed by atoms with Crippen LogP contribution in [0.1, 0.15) is 31.3 Å². The molecule has 0 aromatic carbocycles. The van der Waals surface area contributed by atoms with Crippen LogP contribution in [0.15, 0.2) is 22.6 Å². The van der Waals surface area contributed by atoms with Crippen molar-refractivity contribution in [3.63, 3.8) is 0 Å². The minimum Gasteiger partial charge on any atom is -0.462 e. The second-order valence-corrected chi connectivity index (χ2v) is 3.92. The van der Waals surface area contributed by atoms with Crippen LogP contribution in [-0.2, 0) is 4.79 Å². The van der Waals surface area contributed by atoms with E-state index in [-0.39, 0.29) is 12.0 Å². The summed E-state index contributed by atoms with van der Waals surface area (Å²) in [6, 6.07) is 3.65. The monoisotopic (exact) mass is 237 g/mol. The first-order valence-electron chi connectivity index (χ1n) is 5.82. The van der Waals surface area contributed by atoms with Crippen molar-refractivity contribution in [3.8, 4) is 0 Å². The third kappa shape index (κ3) is 5.36. The molecule has 1 aromatic heterocycles. The van der Waals surface area contributed by atoms with Crippen LogP contribution in [0, 0.1) is 6.92 Å². The molecule has 0 bridgehead atoms. The van der Waals surface area contributed by atoms with Crippen LogP contribution in [0.2, 0.25) is 0 Å². The van der Waals surface area contributed by atoms with Crippen molar-refractivity contribution in [2.75, 3.05) is 6.54 Å². The zero-order valence-electron chi connectivity index (χ0n) is 10.3. The Morgan fingerprint density at radius 1 is 1.59 bits per heavy atom. The third-order valence-corrected chi connectivity index (χ3v) is 2.41. The molecule has 1 atom stereocenters. The van der Waals surface area contributed by atoms with Crippen molar-refractivity contribution in [1.29, 1.82) is 0 Å². The maximum Gasteiger partial charge on any atom is 0.244 e. The summed E-state index contributed by atoms with van der Waals surface area (Å²) in [5.74, 6) is 1.30. The number of carbonyl (C=O) groups excluding carboxylic acids is 1. The smallest absolute Gasteiger partial charge is 0.244 e. The maximum atomic E-state index is 11.4. The molecule has 0 aliphatic heterocycles. The Bertz CT molecular complexity index is 382. The van der Waals surface area contributed by atoms with Gasteiger partial charge in [0, 0.05) is 12.6 Å². The molecule has 0 aliphatic rings. The van der Waals surface area contributed by atoms with Gasteiger partial charge in [0.05, 0.1) is 6.10 Å². The molecule has 2 N–H and O–H groups in total. The number of furan rings is 1. The van der Waals surface area contributed by atoms with E-state index in [1.165, 1.54) is 6.08 Å². The number of rotatable bonds is 6. The van der Waals surface area contributed by atoms with Crippen molar-refractivity contribution < 1.29 is 14.3 Å². The summed E-state index contributed by atoms with van der Waals surface area (Å²) in [6.45, 7) is 4.24. The van der Waals surface area contributed by atoms with Crippen LogP contribution in [-0.4, -0.2) is 23.7 Å². The van der Waals surface area contributed by atoms with Crippen LogP contribution in [0.4, 0.5) is 0 Å². The number of nitrogens with one attached hydrogen (secondary N) is 1. The van der Waals surface area contributed by atoms with Crippen molar-refractivity contribution in [3.05, 3.63) is 29.7 Å². The number of aliphatic hydroxyl groups excluding tert-OH is 1. The highest BCUT2D eigenvalue weighted by Gasteiger charge is 2.01. The Labute approximate surface area is 101 Å². The fourth-order valence-corrected chi connectivity index (χ4v) is 1.33. The quantitative estimate of drug-likeness (QED) is 0.742. The fourth-order valence-electron chi connectivity index (χ4n) is 1.33. The molecule has 4 nitrogen and oxygen atoms in total. The van der Waals surface area contributed by atoms with Crippen LogP contribution < -0.4 is 5.32 Å². The Morgan fingerprint density at radius 3 is 2.94 bits per heavy atom. The standard InChI is InChI=1S/C13H19NO3/c1-3-11(15)8-9-14-13(16)7-6-12-5-4-10(2)17-12/h4-7,11,15H,3,8-9H2,1-2H3,(H,14,16)/b7-6+. The van der Waals surface area contributed by atoms with Crippen LogP contribution >= 0.6 is 0 Å². The van der Waals surface area contributed by atoms with E-state index < -0.39 is 0 Å². The molecule has 1 amide bonds. The summed E-state index contributed by atoms with van der Waals surface area (Å²) < 4.78 is 5.29. The van der Waals surface area contributed by atoms with Gasteiger partial charge in [-0.1, -0.05) is 6.92 Å². The largest absolute Gasteiger partial charge is 0.462 e. The van der Waals surface area contributed by atoms with E-state index in [4.69, 9.17) is 4.42 Å². The lowest BCUT2D eigenvalue weighted by Crippen LogP contribution is -2.25. The normalized spacial score (nSPS) is 12.9. The van der Waals surface area contributed by atoms with Crippen molar-refractivity contribution in [2.24, 2.45) is 0 Å². The SMILES string of the molecule is CCC(O)CCNC(=O)/C=C/c1ccc(C)o1. The van der Waals surface area contributed by atoms with E-state index in [9.17, 15) is 9.90 Å². The van der Waals surface area contributed by atoms with Crippen molar-refractivity contribution in [1.82, 2.24) is 5.32 Å². The lowest BCUT2D eigenvalue weighted by molar-refractivity contribution is -0.116. The van der Waals surface area contributed by atoms with Gasteiger partial charge in [-0.25, -0.2) is 0 Å². The topological polar surface area (TPSA) is 62.5 Å². The predicted octanol–water partition coefficient (Wildman–Crippen LogP) is 1.88. The van der Waals surface area contributed by atoms with E-state index in [1.54, 1.807) is 12.1 Å². The zero-order valence-corrected chi connectivity index (χ0v) is 10.3. The molecule has 94 valence electrons. The zero-order chi connectivity index (χ0) is 12.7. The molecule has 1 rings (SSSR count). The number of hydrogen-bond donors (Lipinski definition) is 2. The van der Waals surface area contributed by atoms with Crippen LogP contribution in [0.5, 0.6) is 0 Å². The van der Waals surface area contributed by atoms with Crippen molar-refractivity contribution in [2.45, 2.75) is 32.8 Å². The molecular formula is C13H19NO3. The highest BCUT2D eigenvalue weighted by Crippen LogP contribution is 2.07. The summed E-state index contributed by atoms with van der Waals surface area (Å²) in [5, 5.41) is 12.0. The van der Waals surface area contributed by atoms with Gasteiger partial charge in [-0.15, -0.1) is 0 Å². The van der Waals surface area contributed by atoms with Gasteiger partial charge in [0.15, 0.2) is 0 Å². The average molecular weight is 237 g/mol. The summed E-state index contributed by atoms with van der Waals surface area (Å²) in [5.41, 5.74) is 0. The van der Waals surface area contributed by atoms with Crippen LogP contribution in [0.3, 0.4) is 0 Å². The third-order valence-electron chi connectivity index (χ3n) is 2.41. The van der Waals surface area contributed by atoms with Crippen molar-refractivity contribution >= 4 is 12.0 Å². The van der Waals surface area contributed by atoms with Gasteiger partial charge >= 0.3 is 0 Å². The molecule has 0 spiro atoms. The Hall–Kier alpha value is -1.55. The second kappa shape index (κ2) is 6.91. The number of amides is 1. The highest BCUT2D eigenvalue weighted by molar-refractivity contribution is 5.91. The minimum absolute atomic E-state index is 0.178. The summed E-state index contributed by atoms with van der Waals surface area (Å²) in [7, 11) is 0. The van der Waals surface area contributed by atoms with Gasteiger partial charge in [0.25, 0.3) is 0 Å². The molecule has 0 radical (unpaired) electrons. The summed E-state index contributed by atoms with van der Waals surface area (Å²) >= 11 is 0. The summed E-state index contributed by atoms with van der Waals surface area (Å²) in [6.07, 6.45) is 4.00. The van der Waals surface area contributed by atoms with E-state index in [0.29, 0.717) is 25.1 Å². The minimum atomic E-state index is -0.341. The van der Waals surface area contributed by atoms with E-state index >= 15 is 0 Å². The first-order valence-corrected chi connectivity index (χ1v) is 5.82. The first kappa shape index (κ1) is 13.5. The van der Waals surface area contributed by atoms with E-state index in [0.717, 1.165) is 5.76 Å². The molecule has 1 unspecified atom stereocenters. The Morgan fingerprint density at radius 2 is 2.35 bits per heavy atom. The molecular weight excluding hydrogens is 218 g/mol.